The SMILES string of the molecule is CC(c1ccccc1F)N1CCCC1C1CCCN1. The van der Waals surface area contributed by atoms with E-state index in [2.05, 4.69) is 17.1 Å². The van der Waals surface area contributed by atoms with Crippen LogP contribution in [0.1, 0.15) is 44.2 Å². The van der Waals surface area contributed by atoms with E-state index in [-0.39, 0.29) is 11.9 Å². The lowest BCUT2D eigenvalue weighted by atomic mass is 10.0. The minimum atomic E-state index is -0.0694. The van der Waals surface area contributed by atoms with Gasteiger partial charge in [0.25, 0.3) is 0 Å². The molecule has 0 aromatic heterocycles. The van der Waals surface area contributed by atoms with E-state index in [0.29, 0.717) is 12.1 Å². The second-order valence-electron chi connectivity index (χ2n) is 5.85. The van der Waals surface area contributed by atoms with Crippen molar-refractivity contribution in [3.8, 4) is 0 Å². The van der Waals surface area contributed by atoms with Gasteiger partial charge in [-0.3, -0.25) is 4.90 Å². The summed E-state index contributed by atoms with van der Waals surface area (Å²) in [5.74, 6) is -0.0694. The molecule has 0 amide bonds. The maximum absolute atomic E-state index is 14.0. The highest BCUT2D eigenvalue weighted by Crippen LogP contribution is 2.33. The number of hydrogen-bond donors (Lipinski definition) is 1. The Hall–Kier alpha value is -0.930. The summed E-state index contributed by atoms with van der Waals surface area (Å²) in [7, 11) is 0. The molecule has 2 aliphatic rings. The smallest absolute Gasteiger partial charge is 0.127 e. The van der Waals surface area contributed by atoms with Crippen molar-refractivity contribution in [1.82, 2.24) is 10.2 Å². The average molecular weight is 262 g/mol. The monoisotopic (exact) mass is 262 g/mol. The summed E-state index contributed by atoms with van der Waals surface area (Å²) in [6.45, 7) is 4.38. The molecule has 0 radical (unpaired) electrons. The Labute approximate surface area is 115 Å². The van der Waals surface area contributed by atoms with Crippen molar-refractivity contribution in [2.75, 3.05) is 13.1 Å². The quantitative estimate of drug-likeness (QED) is 0.900. The predicted molar refractivity (Wildman–Crippen MR) is 75.6 cm³/mol. The molecule has 0 aliphatic carbocycles. The van der Waals surface area contributed by atoms with E-state index in [1.54, 1.807) is 12.1 Å². The van der Waals surface area contributed by atoms with Crippen LogP contribution in [0.4, 0.5) is 4.39 Å². The van der Waals surface area contributed by atoms with E-state index in [4.69, 9.17) is 0 Å². The molecule has 1 aromatic rings. The van der Waals surface area contributed by atoms with Gasteiger partial charge in [0.15, 0.2) is 0 Å². The van der Waals surface area contributed by atoms with Crippen molar-refractivity contribution in [2.45, 2.75) is 50.7 Å². The van der Waals surface area contributed by atoms with Gasteiger partial charge in [0, 0.05) is 23.7 Å². The molecular weight excluding hydrogens is 239 g/mol. The fraction of sp³-hybridized carbons (Fsp3) is 0.625. The molecule has 2 aliphatic heterocycles. The first-order chi connectivity index (χ1) is 9.27. The molecular formula is C16H23FN2. The lowest BCUT2D eigenvalue weighted by Crippen LogP contribution is -2.44. The zero-order valence-corrected chi connectivity index (χ0v) is 11.6. The molecule has 2 saturated heterocycles. The molecule has 2 fully saturated rings. The minimum Gasteiger partial charge on any atom is -0.312 e. The van der Waals surface area contributed by atoms with E-state index in [1.807, 2.05) is 12.1 Å². The molecule has 104 valence electrons. The van der Waals surface area contributed by atoms with E-state index < -0.39 is 0 Å². The van der Waals surface area contributed by atoms with Crippen molar-refractivity contribution in [2.24, 2.45) is 0 Å². The first kappa shape index (κ1) is 13.1. The molecule has 0 bridgehead atoms. The summed E-state index contributed by atoms with van der Waals surface area (Å²) < 4.78 is 14.0. The number of benzene rings is 1. The Morgan fingerprint density at radius 1 is 1.26 bits per heavy atom. The van der Waals surface area contributed by atoms with Crippen LogP contribution in [0.5, 0.6) is 0 Å². The summed E-state index contributed by atoms with van der Waals surface area (Å²) in [5, 5.41) is 3.61. The second-order valence-corrected chi connectivity index (χ2v) is 5.85. The maximum atomic E-state index is 14.0. The molecule has 1 aromatic carbocycles. The highest BCUT2D eigenvalue weighted by Gasteiger charge is 2.36. The third-order valence-electron chi connectivity index (χ3n) is 4.76. The molecule has 2 heterocycles. The molecule has 0 spiro atoms. The first-order valence-electron chi connectivity index (χ1n) is 7.51. The highest BCUT2D eigenvalue weighted by molar-refractivity contribution is 5.21. The van der Waals surface area contributed by atoms with Crippen LogP contribution >= 0.6 is 0 Å². The van der Waals surface area contributed by atoms with Gasteiger partial charge < -0.3 is 5.32 Å². The average Bonchev–Trinajstić information content (AvgIpc) is 3.09. The fourth-order valence-electron chi connectivity index (χ4n) is 3.76. The Kier molecular flexibility index (Phi) is 3.85. The first-order valence-corrected chi connectivity index (χ1v) is 7.51. The van der Waals surface area contributed by atoms with E-state index in [0.717, 1.165) is 18.7 Å². The Morgan fingerprint density at radius 3 is 2.84 bits per heavy atom. The van der Waals surface area contributed by atoms with Gasteiger partial charge in [0.05, 0.1) is 0 Å². The third kappa shape index (κ3) is 2.54. The molecule has 3 heteroatoms. The van der Waals surface area contributed by atoms with Crippen LogP contribution in [0.2, 0.25) is 0 Å². The van der Waals surface area contributed by atoms with E-state index in [1.165, 1.54) is 25.7 Å². The highest BCUT2D eigenvalue weighted by atomic mass is 19.1. The van der Waals surface area contributed by atoms with Crippen LogP contribution in [0.15, 0.2) is 24.3 Å². The molecule has 1 N–H and O–H groups in total. The Bertz CT molecular complexity index is 429. The molecule has 0 saturated carbocycles. The minimum absolute atomic E-state index is 0.0694. The van der Waals surface area contributed by atoms with Gasteiger partial charge in [0.1, 0.15) is 5.82 Å². The molecule has 3 unspecified atom stereocenters. The lowest BCUT2D eigenvalue weighted by Gasteiger charge is -2.34. The Balaban J connectivity index is 1.78. The summed E-state index contributed by atoms with van der Waals surface area (Å²) in [5.41, 5.74) is 0.840. The molecule has 2 nitrogen and oxygen atoms in total. The van der Waals surface area contributed by atoms with Crippen LogP contribution in [-0.4, -0.2) is 30.1 Å². The van der Waals surface area contributed by atoms with Crippen molar-refractivity contribution < 1.29 is 4.39 Å². The standard InChI is InChI=1S/C16H23FN2/c1-12(13-6-2-3-7-14(13)17)19-11-5-9-16(19)15-8-4-10-18-15/h2-3,6-7,12,15-16,18H,4-5,8-11H2,1H3. The largest absolute Gasteiger partial charge is 0.312 e. The summed E-state index contributed by atoms with van der Waals surface area (Å²) >= 11 is 0. The zero-order valence-electron chi connectivity index (χ0n) is 11.6. The molecule has 3 rings (SSSR count). The van der Waals surface area contributed by atoms with Crippen molar-refractivity contribution in [3.05, 3.63) is 35.6 Å². The summed E-state index contributed by atoms with van der Waals surface area (Å²) in [4.78, 5) is 2.50. The zero-order chi connectivity index (χ0) is 13.2. The van der Waals surface area contributed by atoms with Crippen molar-refractivity contribution >= 4 is 0 Å². The van der Waals surface area contributed by atoms with Crippen LogP contribution < -0.4 is 5.32 Å². The van der Waals surface area contributed by atoms with Crippen LogP contribution in [0.25, 0.3) is 0 Å². The van der Waals surface area contributed by atoms with Gasteiger partial charge in [0.2, 0.25) is 0 Å². The van der Waals surface area contributed by atoms with Crippen LogP contribution in [0.3, 0.4) is 0 Å². The summed E-state index contributed by atoms with van der Waals surface area (Å²) in [6.07, 6.45) is 5.03. The van der Waals surface area contributed by atoms with Gasteiger partial charge in [-0.1, -0.05) is 18.2 Å². The fourth-order valence-corrected chi connectivity index (χ4v) is 3.76. The Morgan fingerprint density at radius 2 is 2.11 bits per heavy atom. The van der Waals surface area contributed by atoms with Crippen molar-refractivity contribution in [1.29, 1.82) is 0 Å². The van der Waals surface area contributed by atoms with E-state index in [9.17, 15) is 4.39 Å². The number of likely N-dealkylation sites (tertiary alicyclic amines) is 1. The lowest BCUT2D eigenvalue weighted by molar-refractivity contribution is 0.160. The number of halogens is 1. The van der Waals surface area contributed by atoms with Gasteiger partial charge in [-0.2, -0.15) is 0 Å². The summed E-state index contributed by atoms with van der Waals surface area (Å²) in [6, 6.07) is 8.58. The topological polar surface area (TPSA) is 15.3 Å². The normalized spacial score (nSPS) is 29.8. The van der Waals surface area contributed by atoms with Crippen LogP contribution in [0, 0.1) is 5.82 Å². The van der Waals surface area contributed by atoms with Gasteiger partial charge in [-0.05, 0) is 51.8 Å². The van der Waals surface area contributed by atoms with E-state index >= 15 is 0 Å². The van der Waals surface area contributed by atoms with Crippen molar-refractivity contribution in [3.63, 3.8) is 0 Å². The predicted octanol–water partition coefficient (Wildman–Crippen LogP) is 3.10. The number of hydrogen-bond acceptors (Lipinski definition) is 2. The third-order valence-corrected chi connectivity index (χ3v) is 4.76. The number of rotatable bonds is 3. The second kappa shape index (κ2) is 5.59. The number of nitrogens with zero attached hydrogens (tertiary/aromatic N) is 1. The van der Waals surface area contributed by atoms with Gasteiger partial charge >= 0.3 is 0 Å². The van der Waals surface area contributed by atoms with Gasteiger partial charge in [-0.15, -0.1) is 0 Å². The van der Waals surface area contributed by atoms with Gasteiger partial charge in [-0.25, -0.2) is 4.39 Å². The maximum Gasteiger partial charge on any atom is 0.127 e. The molecule has 19 heavy (non-hydrogen) atoms. The van der Waals surface area contributed by atoms with Crippen LogP contribution in [-0.2, 0) is 0 Å². The number of nitrogens with one attached hydrogen (secondary N) is 1. The molecule has 3 atom stereocenters.